The topological polar surface area (TPSA) is 79.5 Å². The SMILES string of the molecule is O=C(O)C1CCCC1C(=O)NCc1ccco1. The molecule has 0 radical (unpaired) electrons. The minimum atomic E-state index is -0.874. The summed E-state index contributed by atoms with van der Waals surface area (Å²) in [5, 5.41) is 11.7. The number of hydrogen-bond donors (Lipinski definition) is 2. The molecule has 1 aliphatic rings. The lowest BCUT2D eigenvalue weighted by atomic mass is 9.95. The van der Waals surface area contributed by atoms with E-state index in [1.807, 2.05) is 0 Å². The normalized spacial score (nSPS) is 23.5. The zero-order valence-corrected chi connectivity index (χ0v) is 9.39. The zero-order chi connectivity index (χ0) is 12.3. The third kappa shape index (κ3) is 2.67. The molecule has 0 aromatic carbocycles. The fraction of sp³-hybridized carbons (Fsp3) is 0.500. The van der Waals surface area contributed by atoms with Crippen LogP contribution in [0.25, 0.3) is 0 Å². The van der Waals surface area contributed by atoms with Gasteiger partial charge in [0.2, 0.25) is 5.91 Å². The predicted molar refractivity (Wildman–Crippen MR) is 59.0 cm³/mol. The highest BCUT2D eigenvalue weighted by molar-refractivity contribution is 5.85. The molecule has 2 rings (SSSR count). The van der Waals surface area contributed by atoms with Gasteiger partial charge in [-0.2, -0.15) is 0 Å². The Morgan fingerprint density at radius 3 is 2.82 bits per heavy atom. The number of carbonyl (C=O) groups is 2. The van der Waals surface area contributed by atoms with Gasteiger partial charge in [0.05, 0.1) is 24.6 Å². The summed E-state index contributed by atoms with van der Waals surface area (Å²) in [5.74, 6) is -1.33. The average molecular weight is 237 g/mol. The molecule has 17 heavy (non-hydrogen) atoms. The van der Waals surface area contributed by atoms with Crippen LogP contribution in [0.4, 0.5) is 0 Å². The van der Waals surface area contributed by atoms with Crippen LogP contribution in [0.2, 0.25) is 0 Å². The molecule has 5 heteroatoms. The van der Waals surface area contributed by atoms with Gasteiger partial charge < -0.3 is 14.8 Å². The van der Waals surface area contributed by atoms with Crippen LogP contribution >= 0.6 is 0 Å². The van der Waals surface area contributed by atoms with Gasteiger partial charge in [-0.1, -0.05) is 6.42 Å². The van der Waals surface area contributed by atoms with E-state index >= 15 is 0 Å². The fourth-order valence-corrected chi connectivity index (χ4v) is 2.29. The van der Waals surface area contributed by atoms with Crippen LogP contribution in [0.15, 0.2) is 22.8 Å². The van der Waals surface area contributed by atoms with E-state index in [1.54, 1.807) is 12.1 Å². The average Bonchev–Trinajstić information content (AvgIpc) is 2.96. The van der Waals surface area contributed by atoms with Crippen LogP contribution in [0.5, 0.6) is 0 Å². The van der Waals surface area contributed by atoms with E-state index in [2.05, 4.69) is 5.32 Å². The van der Waals surface area contributed by atoms with Crippen LogP contribution in [-0.4, -0.2) is 17.0 Å². The molecule has 1 aromatic heterocycles. The molecule has 1 amide bonds. The van der Waals surface area contributed by atoms with E-state index in [0.717, 1.165) is 6.42 Å². The van der Waals surface area contributed by atoms with E-state index in [4.69, 9.17) is 9.52 Å². The number of carboxylic acids is 1. The van der Waals surface area contributed by atoms with Crippen LogP contribution in [0.3, 0.4) is 0 Å². The Kier molecular flexibility index (Phi) is 3.46. The minimum Gasteiger partial charge on any atom is -0.481 e. The molecule has 5 nitrogen and oxygen atoms in total. The highest BCUT2D eigenvalue weighted by Gasteiger charge is 2.37. The summed E-state index contributed by atoms with van der Waals surface area (Å²) < 4.78 is 5.09. The van der Waals surface area contributed by atoms with Crippen molar-refractivity contribution in [2.24, 2.45) is 11.8 Å². The number of furan rings is 1. The summed E-state index contributed by atoms with van der Waals surface area (Å²) in [5.41, 5.74) is 0. The van der Waals surface area contributed by atoms with Crippen molar-refractivity contribution in [1.82, 2.24) is 5.32 Å². The third-order valence-electron chi connectivity index (χ3n) is 3.19. The number of carbonyl (C=O) groups excluding carboxylic acids is 1. The molecule has 0 saturated heterocycles. The van der Waals surface area contributed by atoms with Gasteiger partial charge in [0, 0.05) is 0 Å². The Labute approximate surface area is 98.8 Å². The highest BCUT2D eigenvalue weighted by atomic mass is 16.4. The maximum atomic E-state index is 11.8. The first-order chi connectivity index (χ1) is 8.18. The fourth-order valence-electron chi connectivity index (χ4n) is 2.29. The molecule has 1 heterocycles. The van der Waals surface area contributed by atoms with E-state index in [0.29, 0.717) is 25.1 Å². The molecular weight excluding hydrogens is 222 g/mol. The van der Waals surface area contributed by atoms with E-state index in [1.165, 1.54) is 6.26 Å². The van der Waals surface area contributed by atoms with Crippen LogP contribution in [-0.2, 0) is 16.1 Å². The second-order valence-corrected chi connectivity index (χ2v) is 4.28. The van der Waals surface area contributed by atoms with Gasteiger partial charge >= 0.3 is 5.97 Å². The lowest BCUT2D eigenvalue weighted by Crippen LogP contribution is -2.34. The standard InChI is InChI=1S/C12H15NO4/c14-11(13-7-8-3-2-6-17-8)9-4-1-5-10(9)12(15)16/h2-3,6,9-10H,1,4-5,7H2,(H,13,14)(H,15,16). The molecule has 2 N–H and O–H groups in total. The van der Waals surface area contributed by atoms with Crippen LogP contribution in [0, 0.1) is 11.8 Å². The minimum absolute atomic E-state index is 0.189. The van der Waals surface area contributed by atoms with Crippen molar-refractivity contribution in [2.75, 3.05) is 0 Å². The van der Waals surface area contributed by atoms with Crippen LogP contribution in [0.1, 0.15) is 25.0 Å². The van der Waals surface area contributed by atoms with Crippen molar-refractivity contribution in [3.63, 3.8) is 0 Å². The molecule has 2 unspecified atom stereocenters. The molecule has 1 aliphatic carbocycles. The number of nitrogens with one attached hydrogen (secondary N) is 1. The Morgan fingerprint density at radius 2 is 2.18 bits per heavy atom. The summed E-state index contributed by atoms with van der Waals surface area (Å²) in [6, 6.07) is 3.51. The Hall–Kier alpha value is -1.78. The highest BCUT2D eigenvalue weighted by Crippen LogP contribution is 2.32. The van der Waals surface area contributed by atoms with E-state index in [-0.39, 0.29) is 5.91 Å². The zero-order valence-electron chi connectivity index (χ0n) is 9.39. The van der Waals surface area contributed by atoms with Gasteiger partial charge in [0.1, 0.15) is 5.76 Å². The molecule has 0 aliphatic heterocycles. The van der Waals surface area contributed by atoms with Gasteiger partial charge in [0.25, 0.3) is 0 Å². The Bertz CT molecular complexity index is 399. The molecule has 0 bridgehead atoms. The smallest absolute Gasteiger partial charge is 0.307 e. The maximum Gasteiger partial charge on any atom is 0.307 e. The molecule has 1 aromatic rings. The van der Waals surface area contributed by atoms with Gasteiger partial charge in [-0.25, -0.2) is 0 Å². The summed E-state index contributed by atoms with van der Waals surface area (Å²) in [6.07, 6.45) is 3.59. The van der Waals surface area contributed by atoms with Crippen molar-refractivity contribution < 1.29 is 19.1 Å². The molecule has 1 saturated carbocycles. The third-order valence-corrected chi connectivity index (χ3v) is 3.19. The van der Waals surface area contributed by atoms with Crippen molar-refractivity contribution in [3.05, 3.63) is 24.2 Å². The summed E-state index contributed by atoms with van der Waals surface area (Å²) in [4.78, 5) is 22.8. The first-order valence-electron chi connectivity index (χ1n) is 5.71. The second kappa shape index (κ2) is 5.03. The first kappa shape index (κ1) is 11.7. The quantitative estimate of drug-likeness (QED) is 0.829. The molecular formula is C12H15NO4. The van der Waals surface area contributed by atoms with Gasteiger partial charge in [-0.3, -0.25) is 9.59 Å². The Balaban J connectivity index is 1.89. The van der Waals surface area contributed by atoms with Crippen molar-refractivity contribution in [3.8, 4) is 0 Å². The number of hydrogen-bond acceptors (Lipinski definition) is 3. The molecule has 92 valence electrons. The largest absolute Gasteiger partial charge is 0.481 e. The number of carboxylic acid groups (broad SMARTS) is 1. The van der Waals surface area contributed by atoms with E-state index in [9.17, 15) is 9.59 Å². The van der Waals surface area contributed by atoms with Gasteiger partial charge in [-0.05, 0) is 25.0 Å². The first-order valence-corrected chi connectivity index (χ1v) is 5.71. The summed E-state index contributed by atoms with van der Waals surface area (Å²) in [7, 11) is 0. The van der Waals surface area contributed by atoms with Gasteiger partial charge in [-0.15, -0.1) is 0 Å². The maximum absolute atomic E-state index is 11.8. The summed E-state index contributed by atoms with van der Waals surface area (Å²) >= 11 is 0. The van der Waals surface area contributed by atoms with Crippen molar-refractivity contribution in [1.29, 1.82) is 0 Å². The second-order valence-electron chi connectivity index (χ2n) is 4.28. The molecule has 1 fully saturated rings. The summed E-state index contributed by atoms with van der Waals surface area (Å²) in [6.45, 7) is 0.314. The lowest BCUT2D eigenvalue weighted by Gasteiger charge is -2.14. The lowest BCUT2D eigenvalue weighted by molar-refractivity contribution is -0.146. The monoisotopic (exact) mass is 237 g/mol. The van der Waals surface area contributed by atoms with Gasteiger partial charge in [0.15, 0.2) is 0 Å². The molecule has 0 spiro atoms. The Morgan fingerprint density at radius 1 is 1.41 bits per heavy atom. The molecule has 2 atom stereocenters. The van der Waals surface area contributed by atoms with Crippen LogP contribution < -0.4 is 5.32 Å². The van der Waals surface area contributed by atoms with E-state index < -0.39 is 17.8 Å². The number of rotatable bonds is 4. The number of aliphatic carboxylic acids is 1. The predicted octanol–water partition coefficient (Wildman–Crippen LogP) is 1.40. The van der Waals surface area contributed by atoms with Crippen molar-refractivity contribution in [2.45, 2.75) is 25.8 Å². The van der Waals surface area contributed by atoms with Crippen molar-refractivity contribution >= 4 is 11.9 Å². The number of amides is 1.